The maximum absolute atomic E-state index is 12.6. The number of alkyl halides is 3. The molecule has 2 fully saturated rings. The van der Waals surface area contributed by atoms with Crippen molar-refractivity contribution in [1.29, 1.82) is 0 Å². The summed E-state index contributed by atoms with van der Waals surface area (Å²) in [6.07, 6.45) is -2.61. The molecule has 94 valence electrons. The van der Waals surface area contributed by atoms with E-state index in [-0.39, 0.29) is 24.1 Å². The van der Waals surface area contributed by atoms with E-state index in [4.69, 9.17) is 0 Å². The predicted octanol–water partition coefficient (Wildman–Crippen LogP) is 1.83. The topological polar surface area (TPSA) is 29.1 Å². The van der Waals surface area contributed by atoms with Crippen molar-refractivity contribution >= 4 is 10.8 Å². The fourth-order valence-electron chi connectivity index (χ4n) is 2.60. The average Bonchev–Trinajstić information content (AvgIpc) is 2.39. The molecule has 0 aromatic heterocycles. The number of nitrogens with one attached hydrogen (secondary N) is 1. The maximum Gasteiger partial charge on any atom is 0.391 e. The first kappa shape index (κ1) is 12.4. The molecule has 1 aliphatic heterocycles. The molecule has 4 atom stereocenters. The number of halogens is 3. The first-order valence-electron chi connectivity index (χ1n) is 5.66. The van der Waals surface area contributed by atoms with Gasteiger partial charge in [-0.05, 0) is 32.2 Å². The number of hydrogen-bond acceptors (Lipinski definition) is 2. The van der Waals surface area contributed by atoms with Crippen LogP contribution in [0.4, 0.5) is 13.2 Å². The lowest BCUT2D eigenvalue weighted by Crippen LogP contribution is -2.47. The zero-order valence-electron chi connectivity index (χ0n) is 8.93. The molecule has 4 unspecified atom stereocenters. The van der Waals surface area contributed by atoms with E-state index in [1.54, 1.807) is 0 Å². The zero-order chi connectivity index (χ0) is 11.8. The molecule has 0 radical (unpaired) electrons. The smallest absolute Gasteiger partial charge is 0.313 e. The molecule has 1 saturated heterocycles. The molecule has 2 aliphatic rings. The quantitative estimate of drug-likeness (QED) is 0.715. The van der Waals surface area contributed by atoms with Crippen molar-refractivity contribution < 1.29 is 17.4 Å². The molecule has 2 rings (SSSR count). The van der Waals surface area contributed by atoms with Crippen LogP contribution in [0.3, 0.4) is 0 Å². The third-order valence-electron chi connectivity index (χ3n) is 3.52. The molecular formula is C10H16F3NOS. The molecule has 2 nitrogen and oxygen atoms in total. The van der Waals surface area contributed by atoms with E-state index in [0.717, 1.165) is 13.0 Å². The first-order valence-corrected chi connectivity index (χ1v) is 7.04. The Hall–Kier alpha value is -0.100. The summed E-state index contributed by atoms with van der Waals surface area (Å²) in [5.74, 6) is -0.712. The molecule has 0 spiro atoms. The summed E-state index contributed by atoms with van der Waals surface area (Å²) in [6, 6.07) is 0.0296. The second-order valence-electron chi connectivity index (χ2n) is 4.59. The largest absolute Gasteiger partial charge is 0.391 e. The van der Waals surface area contributed by atoms with Crippen LogP contribution in [-0.2, 0) is 10.8 Å². The van der Waals surface area contributed by atoms with Crippen LogP contribution >= 0.6 is 0 Å². The van der Waals surface area contributed by atoms with Gasteiger partial charge in [-0.1, -0.05) is 0 Å². The lowest BCUT2D eigenvalue weighted by Gasteiger charge is -2.35. The fraction of sp³-hybridized carbons (Fsp3) is 1.00. The van der Waals surface area contributed by atoms with Crippen molar-refractivity contribution in [2.75, 3.05) is 12.3 Å². The predicted molar refractivity (Wildman–Crippen MR) is 56.6 cm³/mol. The fourth-order valence-corrected chi connectivity index (χ4v) is 4.38. The molecule has 6 heteroatoms. The van der Waals surface area contributed by atoms with Crippen molar-refractivity contribution in [3.8, 4) is 0 Å². The summed E-state index contributed by atoms with van der Waals surface area (Å²) in [7, 11) is -1.09. The molecule has 1 N–H and O–H groups in total. The summed E-state index contributed by atoms with van der Waals surface area (Å²) in [6.45, 7) is 0.781. The monoisotopic (exact) mass is 255 g/mol. The van der Waals surface area contributed by atoms with Crippen molar-refractivity contribution in [2.45, 2.75) is 43.2 Å². The van der Waals surface area contributed by atoms with Gasteiger partial charge in [-0.2, -0.15) is 13.2 Å². The van der Waals surface area contributed by atoms with Gasteiger partial charge in [0.25, 0.3) is 0 Å². The van der Waals surface area contributed by atoms with Crippen molar-refractivity contribution in [2.24, 2.45) is 5.92 Å². The molecule has 16 heavy (non-hydrogen) atoms. The van der Waals surface area contributed by atoms with Gasteiger partial charge in [0, 0.05) is 22.6 Å². The van der Waals surface area contributed by atoms with Crippen LogP contribution in [0.5, 0.6) is 0 Å². The van der Waals surface area contributed by atoms with E-state index in [1.165, 1.54) is 0 Å². The molecule has 0 aromatic rings. The van der Waals surface area contributed by atoms with Gasteiger partial charge in [-0.3, -0.25) is 4.21 Å². The van der Waals surface area contributed by atoms with Gasteiger partial charge >= 0.3 is 6.18 Å². The molecule has 1 saturated carbocycles. The van der Waals surface area contributed by atoms with E-state index in [1.807, 2.05) is 0 Å². The van der Waals surface area contributed by atoms with Gasteiger partial charge in [0.1, 0.15) is 0 Å². The van der Waals surface area contributed by atoms with E-state index in [0.29, 0.717) is 12.2 Å². The zero-order valence-corrected chi connectivity index (χ0v) is 9.74. The van der Waals surface area contributed by atoms with Crippen molar-refractivity contribution in [3.63, 3.8) is 0 Å². The minimum atomic E-state index is -4.12. The highest BCUT2D eigenvalue weighted by atomic mass is 32.2. The minimum Gasteiger partial charge on any atom is -0.313 e. The third-order valence-corrected chi connectivity index (χ3v) is 5.41. The maximum atomic E-state index is 12.6. The Bertz CT molecular complexity index is 282. The van der Waals surface area contributed by atoms with Gasteiger partial charge in [-0.15, -0.1) is 0 Å². The van der Waals surface area contributed by atoms with E-state index >= 15 is 0 Å². The van der Waals surface area contributed by atoms with Crippen LogP contribution in [0.2, 0.25) is 0 Å². The second-order valence-corrected chi connectivity index (χ2v) is 6.36. The van der Waals surface area contributed by atoms with E-state index in [9.17, 15) is 17.4 Å². The van der Waals surface area contributed by atoms with Crippen LogP contribution in [0.25, 0.3) is 0 Å². The molecule has 0 amide bonds. The molecular weight excluding hydrogens is 239 g/mol. The highest BCUT2D eigenvalue weighted by molar-refractivity contribution is 7.85. The summed E-state index contributed by atoms with van der Waals surface area (Å²) in [5.41, 5.74) is 0. The molecule has 1 heterocycles. The van der Waals surface area contributed by atoms with Gasteiger partial charge in [-0.25, -0.2) is 0 Å². The van der Waals surface area contributed by atoms with E-state index in [2.05, 4.69) is 5.32 Å². The SMILES string of the molecule is O=S1CCCNC2CCC(C(F)(F)F)CC21. The Balaban J connectivity index is 2.08. The van der Waals surface area contributed by atoms with Gasteiger partial charge in [0.15, 0.2) is 0 Å². The Morgan fingerprint density at radius 3 is 2.69 bits per heavy atom. The van der Waals surface area contributed by atoms with Crippen LogP contribution in [0.15, 0.2) is 0 Å². The Kier molecular flexibility index (Phi) is 3.59. The summed E-state index contributed by atoms with van der Waals surface area (Å²) in [5, 5.41) is 2.92. The summed E-state index contributed by atoms with van der Waals surface area (Å²) in [4.78, 5) is 0. The normalized spacial score (nSPS) is 41.2. The summed E-state index contributed by atoms with van der Waals surface area (Å²) < 4.78 is 49.7. The van der Waals surface area contributed by atoms with Crippen LogP contribution < -0.4 is 5.32 Å². The Morgan fingerprint density at radius 2 is 2.00 bits per heavy atom. The van der Waals surface area contributed by atoms with Gasteiger partial charge in [0.05, 0.1) is 11.2 Å². The molecule has 0 aromatic carbocycles. The van der Waals surface area contributed by atoms with Crippen LogP contribution in [0.1, 0.15) is 25.7 Å². The van der Waals surface area contributed by atoms with Gasteiger partial charge < -0.3 is 5.32 Å². The number of hydrogen-bond donors (Lipinski definition) is 1. The van der Waals surface area contributed by atoms with Gasteiger partial charge in [0.2, 0.25) is 0 Å². The highest BCUT2D eigenvalue weighted by Gasteiger charge is 2.46. The average molecular weight is 255 g/mol. The Labute approximate surface area is 95.4 Å². The second kappa shape index (κ2) is 4.64. The highest BCUT2D eigenvalue weighted by Crippen LogP contribution is 2.39. The summed E-state index contributed by atoms with van der Waals surface area (Å²) >= 11 is 0. The minimum absolute atomic E-state index is 0.0296. The molecule has 1 aliphatic carbocycles. The standard InChI is InChI=1S/C10H16F3NOS/c11-10(12,13)7-2-3-8-9(6-7)16(15)5-1-4-14-8/h7-9,14H,1-6H2. The van der Waals surface area contributed by atoms with E-state index < -0.39 is 22.9 Å². The number of rotatable bonds is 0. The number of fused-ring (bicyclic) bond motifs is 1. The lowest BCUT2D eigenvalue weighted by atomic mass is 9.85. The van der Waals surface area contributed by atoms with Crippen molar-refractivity contribution in [3.05, 3.63) is 0 Å². The Morgan fingerprint density at radius 1 is 1.25 bits per heavy atom. The lowest BCUT2D eigenvalue weighted by molar-refractivity contribution is -0.182. The van der Waals surface area contributed by atoms with Crippen molar-refractivity contribution in [1.82, 2.24) is 5.32 Å². The van der Waals surface area contributed by atoms with Crippen LogP contribution in [-0.4, -0.2) is 34.0 Å². The molecule has 0 bridgehead atoms. The van der Waals surface area contributed by atoms with Crippen LogP contribution in [0, 0.1) is 5.92 Å². The first-order chi connectivity index (χ1) is 7.48. The third kappa shape index (κ3) is 2.59.